The molecular formula is C11H13ClF4N2O. The lowest BCUT2D eigenvalue weighted by atomic mass is 10.1. The largest absolute Gasteiger partial charge is 0.416 e. The lowest BCUT2D eigenvalue weighted by Gasteiger charge is -2.13. The third-order valence-electron chi connectivity index (χ3n) is 2.27. The Morgan fingerprint density at radius 2 is 2.00 bits per heavy atom. The van der Waals surface area contributed by atoms with Crippen LogP contribution in [0.25, 0.3) is 0 Å². The van der Waals surface area contributed by atoms with Crippen LogP contribution >= 0.6 is 12.4 Å². The summed E-state index contributed by atoms with van der Waals surface area (Å²) >= 11 is 0. The number of benzene rings is 1. The van der Waals surface area contributed by atoms with Crippen LogP contribution in [-0.4, -0.2) is 18.5 Å². The first-order chi connectivity index (χ1) is 8.25. The third-order valence-corrected chi connectivity index (χ3v) is 2.27. The summed E-state index contributed by atoms with van der Waals surface area (Å²) in [6.07, 6.45) is -4.62. The lowest BCUT2D eigenvalue weighted by Crippen LogP contribution is -2.38. The van der Waals surface area contributed by atoms with E-state index in [1.54, 1.807) is 6.92 Å². The predicted molar refractivity (Wildman–Crippen MR) is 64.6 cm³/mol. The van der Waals surface area contributed by atoms with E-state index in [1.165, 1.54) is 0 Å². The Bertz CT molecular complexity index is 451. The SMILES string of the molecule is C[C@@H](CN)NC(=O)c1cc(C(F)(F)F)ccc1F.Cl. The minimum Gasteiger partial charge on any atom is -0.348 e. The zero-order chi connectivity index (χ0) is 13.9. The number of carbonyl (C=O) groups excluding carboxylic acids is 1. The van der Waals surface area contributed by atoms with Crippen LogP contribution in [0.4, 0.5) is 17.6 Å². The molecule has 0 spiro atoms. The minimum absolute atomic E-state index is 0. The molecule has 0 saturated carbocycles. The van der Waals surface area contributed by atoms with Crippen molar-refractivity contribution in [3.8, 4) is 0 Å². The molecular weight excluding hydrogens is 288 g/mol. The van der Waals surface area contributed by atoms with Gasteiger partial charge in [-0.25, -0.2) is 4.39 Å². The summed E-state index contributed by atoms with van der Waals surface area (Å²) < 4.78 is 50.6. The van der Waals surface area contributed by atoms with Crippen LogP contribution in [0, 0.1) is 5.82 Å². The molecule has 19 heavy (non-hydrogen) atoms. The van der Waals surface area contributed by atoms with E-state index >= 15 is 0 Å². The van der Waals surface area contributed by atoms with E-state index in [0.717, 1.165) is 0 Å². The van der Waals surface area contributed by atoms with Crippen molar-refractivity contribution in [1.82, 2.24) is 5.32 Å². The predicted octanol–water partition coefficient (Wildman–Crippen LogP) is 2.34. The van der Waals surface area contributed by atoms with Crippen LogP contribution in [-0.2, 0) is 6.18 Å². The Balaban J connectivity index is 0.00000324. The van der Waals surface area contributed by atoms with Gasteiger partial charge in [0.1, 0.15) is 5.82 Å². The van der Waals surface area contributed by atoms with Gasteiger partial charge in [-0.2, -0.15) is 13.2 Å². The normalized spacial score (nSPS) is 12.5. The molecule has 0 radical (unpaired) electrons. The Hall–Kier alpha value is -1.34. The standard InChI is InChI=1S/C11H12F4N2O.ClH/c1-6(5-16)17-10(18)8-4-7(11(13,14)15)2-3-9(8)12;/h2-4,6H,5,16H2,1H3,(H,17,18);1H/t6-;/m0./s1. The number of amides is 1. The van der Waals surface area contributed by atoms with Gasteiger partial charge in [-0.3, -0.25) is 4.79 Å². The van der Waals surface area contributed by atoms with Crippen molar-refractivity contribution in [1.29, 1.82) is 0 Å². The highest BCUT2D eigenvalue weighted by molar-refractivity contribution is 5.94. The summed E-state index contributed by atoms with van der Waals surface area (Å²) in [5.74, 6) is -1.93. The van der Waals surface area contributed by atoms with Crippen LogP contribution in [0.2, 0.25) is 0 Å². The molecule has 8 heteroatoms. The second-order valence-electron chi connectivity index (χ2n) is 3.80. The molecule has 0 bridgehead atoms. The van der Waals surface area contributed by atoms with Crippen LogP contribution in [0.1, 0.15) is 22.8 Å². The molecule has 1 aromatic carbocycles. The first kappa shape index (κ1) is 17.7. The number of rotatable bonds is 3. The fourth-order valence-electron chi connectivity index (χ4n) is 1.24. The van der Waals surface area contributed by atoms with Gasteiger partial charge in [0.05, 0.1) is 11.1 Å². The number of nitrogens with one attached hydrogen (secondary N) is 1. The van der Waals surface area contributed by atoms with Gasteiger partial charge in [-0.1, -0.05) is 0 Å². The van der Waals surface area contributed by atoms with Crippen LogP contribution in [0.3, 0.4) is 0 Å². The number of carbonyl (C=O) groups is 1. The number of hydrogen-bond acceptors (Lipinski definition) is 2. The fourth-order valence-corrected chi connectivity index (χ4v) is 1.24. The summed E-state index contributed by atoms with van der Waals surface area (Å²) in [5, 5.41) is 2.29. The van der Waals surface area contributed by atoms with E-state index in [0.29, 0.717) is 18.2 Å². The van der Waals surface area contributed by atoms with E-state index in [4.69, 9.17) is 5.73 Å². The van der Waals surface area contributed by atoms with Gasteiger partial charge in [0.2, 0.25) is 0 Å². The van der Waals surface area contributed by atoms with E-state index in [-0.39, 0.29) is 19.0 Å². The maximum atomic E-state index is 13.3. The quantitative estimate of drug-likeness (QED) is 0.842. The van der Waals surface area contributed by atoms with Gasteiger partial charge < -0.3 is 11.1 Å². The van der Waals surface area contributed by atoms with Gasteiger partial charge in [-0.15, -0.1) is 12.4 Å². The van der Waals surface area contributed by atoms with Crippen molar-refractivity contribution in [3.63, 3.8) is 0 Å². The fraction of sp³-hybridized carbons (Fsp3) is 0.364. The highest BCUT2D eigenvalue weighted by Crippen LogP contribution is 2.30. The van der Waals surface area contributed by atoms with Crippen LogP contribution in [0.15, 0.2) is 18.2 Å². The molecule has 0 aromatic heterocycles. The van der Waals surface area contributed by atoms with E-state index in [9.17, 15) is 22.4 Å². The number of nitrogens with two attached hydrogens (primary N) is 1. The lowest BCUT2D eigenvalue weighted by molar-refractivity contribution is -0.137. The zero-order valence-corrected chi connectivity index (χ0v) is 10.7. The average Bonchev–Trinajstić information content (AvgIpc) is 2.27. The Labute approximate surface area is 113 Å². The highest BCUT2D eigenvalue weighted by atomic mass is 35.5. The summed E-state index contributed by atoms with van der Waals surface area (Å²) in [4.78, 5) is 11.5. The van der Waals surface area contributed by atoms with Gasteiger partial charge in [0.15, 0.2) is 0 Å². The molecule has 0 fully saturated rings. The molecule has 0 aliphatic heterocycles. The molecule has 0 aliphatic carbocycles. The molecule has 1 atom stereocenters. The maximum absolute atomic E-state index is 13.3. The van der Waals surface area contributed by atoms with E-state index in [1.807, 2.05) is 0 Å². The molecule has 3 N–H and O–H groups in total. The molecule has 1 aromatic rings. The Morgan fingerprint density at radius 1 is 1.42 bits per heavy atom. The van der Waals surface area contributed by atoms with Crippen molar-refractivity contribution in [2.24, 2.45) is 5.73 Å². The smallest absolute Gasteiger partial charge is 0.348 e. The van der Waals surface area contributed by atoms with Gasteiger partial charge >= 0.3 is 6.18 Å². The van der Waals surface area contributed by atoms with Crippen molar-refractivity contribution in [3.05, 3.63) is 35.1 Å². The summed E-state index contributed by atoms with van der Waals surface area (Å²) in [5.41, 5.74) is 3.52. The van der Waals surface area contributed by atoms with Gasteiger partial charge in [0.25, 0.3) is 5.91 Å². The second kappa shape index (κ2) is 6.72. The molecule has 0 aliphatic rings. The van der Waals surface area contributed by atoms with Gasteiger partial charge in [-0.05, 0) is 25.1 Å². The summed E-state index contributed by atoms with van der Waals surface area (Å²) in [7, 11) is 0. The number of halogens is 5. The van der Waals surface area contributed by atoms with Crippen molar-refractivity contribution in [2.75, 3.05) is 6.54 Å². The Morgan fingerprint density at radius 3 is 2.47 bits per heavy atom. The highest BCUT2D eigenvalue weighted by Gasteiger charge is 2.32. The first-order valence-corrected chi connectivity index (χ1v) is 5.13. The topological polar surface area (TPSA) is 55.1 Å². The van der Waals surface area contributed by atoms with Crippen LogP contribution < -0.4 is 11.1 Å². The average molecular weight is 301 g/mol. The summed E-state index contributed by atoms with van der Waals surface area (Å²) in [6.45, 7) is 1.66. The number of alkyl halides is 3. The molecule has 108 valence electrons. The van der Waals surface area contributed by atoms with E-state index in [2.05, 4.69) is 5.32 Å². The molecule has 1 rings (SSSR count). The zero-order valence-electron chi connectivity index (χ0n) is 9.92. The van der Waals surface area contributed by atoms with Crippen molar-refractivity contribution in [2.45, 2.75) is 19.1 Å². The molecule has 0 saturated heterocycles. The molecule has 0 heterocycles. The van der Waals surface area contributed by atoms with Crippen molar-refractivity contribution >= 4 is 18.3 Å². The van der Waals surface area contributed by atoms with E-state index < -0.39 is 35.1 Å². The van der Waals surface area contributed by atoms with Gasteiger partial charge in [0, 0.05) is 12.6 Å². The summed E-state index contributed by atoms with van der Waals surface area (Å²) in [6, 6.07) is 1.23. The molecule has 3 nitrogen and oxygen atoms in total. The molecule has 1 amide bonds. The third kappa shape index (κ3) is 4.68. The van der Waals surface area contributed by atoms with Crippen LogP contribution in [0.5, 0.6) is 0 Å². The maximum Gasteiger partial charge on any atom is 0.416 e. The Kier molecular flexibility index (Phi) is 6.24. The second-order valence-corrected chi connectivity index (χ2v) is 3.80. The van der Waals surface area contributed by atoms with Crippen molar-refractivity contribution < 1.29 is 22.4 Å². The minimum atomic E-state index is -4.62. The molecule has 0 unspecified atom stereocenters. The first-order valence-electron chi connectivity index (χ1n) is 5.13. The number of hydrogen-bond donors (Lipinski definition) is 2. The monoisotopic (exact) mass is 300 g/mol.